The molecule has 0 aliphatic rings. The van der Waals surface area contributed by atoms with Gasteiger partial charge in [0.25, 0.3) is 5.56 Å². The van der Waals surface area contributed by atoms with Crippen LogP contribution in [-0.2, 0) is 13.0 Å². The highest BCUT2D eigenvalue weighted by molar-refractivity contribution is 5.76. The van der Waals surface area contributed by atoms with E-state index in [-0.39, 0.29) is 12.1 Å². The number of aromatic nitrogens is 5. The van der Waals surface area contributed by atoms with Crippen LogP contribution in [0.25, 0.3) is 10.9 Å². The fraction of sp³-hybridized carbons (Fsp3) is 0.308. The molecule has 3 aromatic rings. The number of fused-ring (bicyclic) bond motifs is 1. The molecule has 1 aromatic carbocycles. The first-order valence-electron chi connectivity index (χ1n) is 6.42. The molecule has 0 atom stereocenters. The van der Waals surface area contributed by atoms with E-state index in [1.165, 1.54) is 4.68 Å². The van der Waals surface area contributed by atoms with Crippen molar-refractivity contribution >= 4 is 10.9 Å². The molecule has 0 saturated heterocycles. The lowest BCUT2D eigenvalue weighted by Gasteiger charge is -2.01. The van der Waals surface area contributed by atoms with Gasteiger partial charge < -0.3 is 4.52 Å². The van der Waals surface area contributed by atoms with Gasteiger partial charge in [-0.25, -0.2) is 4.68 Å². The average molecular weight is 271 g/mol. The molecule has 2 aromatic heterocycles. The SMILES string of the molecule is CCCc1noc(Cn2nnc3ccccc3c2=O)n1. The Hall–Kier alpha value is -2.57. The summed E-state index contributed by atoms with van der Waals surface area (Å²) in [6.07, 6.45) is 1.69. The van der Waals surface area contributed by atoms with Crippen LogP contribution >= 0.6 is 0 Å². The smallest absolute Gasteiger partial charge is 0.278 e. The third kappa shape index (κ3) is 2.29. The first-order chi connectivity index (χ1) is 9.78. The normalized spacial score (nSPS) is 11.1. The van der Waals surface area contributed by atoms with Gasteiger partial charge in [-0.15, -0.1) is 5.10 Å². The minimum Gasteiger partial charge on any atom is -0.337 e. The second kappa shape index (κ2) is 5.20. The van der Waals surface area contributed by atoms with Gasteiger partial charge in [0.15, 0.2) is 5.82 Å². The van der Waals surface area contributed by atoms with Gasteiger partial charge in [-0.1, -0.05) is 29.4 Å². The first kappa shape index (κ1) is 12.5. The third-order valence-corrected chi connectivity index (χ3v) is 2.90. The quantitative estimate of drug-likeness (QED) is 0.708. The maximum atomic E-state index is 12.2. The molecule has 102 valence electrons. The van der Waals surface area contributed by atoms with Gasteiger partial charge >= 0.3 is 0 Å². The molecule has 0 aliphatic carbocycles. The van der Waals surface area contributed by atoms with E-state index < -0.39 is 0 Å². The predicted molar refractivity (Wildman–Crippen MR) is 71.2 cm³/mol. The van der Waals surface area contributed by atoms with Crippen molar-refractivity contribution in [2.24, 2.45) is 0 Å². The highest BCUT2D eigenvalue weighted by Gasteiger charge is 2.10. The van der Waals surface area contributed by atoms with Crippen molar-refractivity contribution < 1.29 is 4.52 Å². The van der Waals surface area contributed by atoms with Crippen molar-refractivity contribution in [2.75, 3.05) is 0 Å². The summed E-state index contributed by atoms with van der Waals surface area (Å²) in [7, 11) is 0. The maximum Gasteiger partial charge on any atom is 0.278 e. The predicted octanol–water partition coefficient (Wildman–Crippen LogP) is 1.18. The van der Waals surface area contributed by atoms with E-state index in [0.29, 0.717) is 22.6 Å². The molecule has 0 radical (unpaired) electrons. The molecule has 0 amide bonds. The standard InChI is InChI=1S/C13H13N5O2/c1-2-5-11-14-12(20-16-11)8-18-13(19)9-6-3-4-7-10(9)15-17-18/h3-4,6-7H,2,5,8H2,1H3. The minimum absolute atomic E-state index is 0.132. The fourth-order valence-corrected chi connectivity index (χ4v) is 1.93. The lowest BCUT2D eigenvalue weighted by atomic mass is 10.2. The Labute approximate surface area is 114 Å². The summed E-state index contributed by atoms with van der Waals surface area (Å²) in [5, 5.41) is 12.3. The zero-order valence-corrected chi connectivity index (χ0v) is 11.0. The molecule has 0 spiro atoms. The molecular weight excluding hydrogens is 258 g/mol. The molecule has 0 unspecified atom stereocenters. The van der Waals surface area contributed by atoms with Crippen LogP contribution in [0.4, 0.5) is 0 Å². The average Bonchev–Trinajstić information content (AvgIpc) is 2.90. The lowest BCUT2D eigenvalue weighted by Crippen LogP contribution is -2.24. The number of benzene rings is 1. The molecule has 7 nitrogen and oxygen atoms in total. The van der Waals surface area contributed by atoms with Crippen molar-refractivity contribution in [3.63, 3.8) is 0 Å². The monoisotopic (exact) mass is 271 g/mol. The van der Waals surface area contributed by atoms with Crippen molar-refractivity contribution in [1.29, 1.82) is 0 Å². The van der Waals surface area contributed by atoms with Gasteiger partial charge in [-0.2, -0.15) is 4.98 Å². The number of rotatable bonds is 4. The van der Waals surface area contributed by atoms with Crippen LogP contribution in [0.1, 0.15) is 25.1 Å². The summed E-state index contributed by atoms with van der Waals surface area (Å²) in [5.74, 6) is 1.00. The Morgan fingerprint density at radius 3 is 3.00 bits per heavy atom. The summed E-state index contributed by atoms with van der Waals surface area (Å²) >= 11 is 0. The molecular formula is C13H13N5O2. The summed E-state index contributed by atoms with van der Waals surface area (Å²) in [6.45, 7) is 2.17. The molecule has 0 bridgehead atoms. The van der Waals surface area contributed by atoms with Crippen molar-refractivity contribution in [3.05, 3.63) is 46.3 Å². The van der Waals surface area contributed by atoms with Gasteiger partial charge in [0.05, 0.1) is 5.39 Å². The lowest BCUT2D eigenvalue weighted by molar-refractivity contribution is 0.356. The van der Waals surface area contributed by atoms with Crippen molar-refractivity contribution in [2.45, 2.75) is 26.3 Å². The van der Waals surface area contributed by atoms with E-state index in [2.05, 4.69) is 20.5 Å². The molecule has 0 saturated carbocycles. The fourth-order valence-electron chi connectivity index (χ4n) is 1.93. The maximum absolute atomic E-state index is 12.2. The summed E-state index contributed by atoms with van der Waals surface area (Å²) in [5.41, 5.74) is 0.358. The van der Waals surface area contributed by atoms with Crippen molar-refractivity contribution in [3.8, 4) is 0 Å². The Bertz CT molecular complexity index is 793. The largest absolute Gasteiger partial charge is 0.337 e. The van der Waals surface area contributed by atoms with Crippen LogP contribution in [0.2, 0.25) is 0 Å². The molecule has 7 heteroatoms. The van der Waals surface area contributed by atoms with E-state index in [9.17, 15) is 4.79 Å². The van der Waals surface area contributed by atoms with Crippen LogP contribution in [0.5, 0.6) is 0 Å². The van der Waals surface area contributed by atoms with E-state index in [1.807, 2.05) is 13.0 Å². The van der Waals surface area contributed by atoms with E-state index in [4.69, 9.17) is 4.52 Å². The number of nitrogens with zero attached hydrogens (tertiary/aromatic N) is 5. The van der Waals surface area contributed by atoms with E-state index >= 15 is 0 Å². The van der Waals surface area contributed by atoms with Gasteiger partial charge in [0.2, 0.25) is 5.89 Å². The highest BCUT2D eigenvalue weighted by atomic mass is 16.5. The van der Waals surface area contributed by atoms with Gasteiger partial charge in [-0.05, 0) is 18.6 Å². The van der Waals surface area contributed by atoms with Crippen LogP contribution in [-0.4, -0.2) is 25.1 Å². The Kier molecular flexibility index (Phi) is 3.24. The zero-order valence-electron chi connectivity index (χ0n) is 11.0. The van der Waals surface area contributed by atoms with Crippen LogP contribution < -0.4 is 5.56 Å². The molecule has 20 heavy (non-hydrogen) atoms. The number of hydrogen-bond donors (Lipinski definition) is 0. The van der Waals surface area contributed by atoms with Crippen LogP contribution in [0.15, 0.2) is 33.6 Å². The third-order valence-electron chi connectivity index (χ3n) is 2.90. The Balaban J connectivity index is 1.94. The zero-order chi connectivity index (χ0) is 13.9. The topological polar surface area (TPSA) is 86.7 Å². The van der Waals surface area contributed by atoms with Crippen LogP contribution in [0, 0.1) is 0 Å². The van der Waals surface area contributed by atoms with E-state index in [1.54, 1.807) is 18.2 Å². The second-order valence-electron chi connectivity index (χ2n) is 4.42. The Morgan fingerprint density at radius 2 is 2.15 bits per heavy atom. The minimum atomic E-state index is -0.217. The van der Waals surface area contributed by atoms with Gasteiger partial charge in [0.1, 0.15) is 12.1 Å². The molecule has 0 aliphatic heterocycles. The van der Waals surface area contributed by atoms with E-state index in [0.717, 1.165) is 12.8 Å². The molecule has 0 fully saturated rings. The molecule has 2 heterocycles. The van der Waals surface area contributed by atoms with Gasteiger partial charge in [-0.3, -0.25) is 4.79 Å². The molecule has 0 N–H and O–H groups in total. The second-order valence-corrected chi connectivity index (χ2v) is 4.42. The number of hydrogen-bond acceptors (Lipinski definition) is 6. The van der Waals surface area contributed by atoms with Gasteiger partial charge in [0, 0.05) is 6.42 Å². The summed E-state index contributed by atoms with van der Waals surface area (Å²) in [4.78, 5) is 16.4. The van der Waals surface area contributed by atoms with Crippen molar-refractivity contribution in [1.82, 2.24) is 25.1 Å². The van der Waals surface area contributed by atoms with Crippen LogP contribution in [0.3, 0.4) is 0 Å². The summed E-state index contributed by atoms with van der Waals surface area (Å²) < 4.78 is 6.33. The summed E-state index contributed by atoms with van der Waals surface area (Å²) in [6, 6.07) is 7.08. The first-order valence-corrected chi connectivity index (χ1v) is 6.42. The highest BCUT2D eigenvalue weighted by Crippen LogP contribution is 2.05. The number of aryl methyl sites for hydroxylation is 1. The molecule has 3 rings (SSSR count). The Morgan fingerprint density at radius 1 is 1.30 bits per heavy atom.